The first-order valence-electron chi connectivity index (χ1n) is 6.47. The summed E-state index contributed by atoms with van der Waals surface area (Å²) in [5, 5.41) is 13.1. The molecule has 1 aromatic heterocycles. The summed E-state index contributed by atoms with van der Waals surface area (Å²) in [6, 6.07) is 12.5. The number of nitrogens with zero attached hydrogens (tertiary/aromatic N) is 2. The first kappa shape index (κ1) is 13.7. The number of anilines is 1. The predicted molar refractivity (Wildman–Crippen MR) is 81.8 cm³/mol. The molecule has 0 aliphatic carbocycles. The quantitative estimate of drug-likeness (QED) is 0.509. The molecule has 22 heavy (non-hydrogen) atoms. The summed E-state index contributed by atoms with van der Waals surface area (Å²) in [5.41, 5.74) is 7.69. The minimum Gasteiger partial charge on any atom is -0.399 e. The monoisotopic (exact) mass is 297 g/mol. The molecule has 1 heterocycles. The lowest BCUT2D eigenvalue weighted by Gasteiger charge is -2.00. The maximum Gasteiger partial charge on any atom is 0.292 e. The van der Waals surface area contributed by atoms with Gasteiger partial charge in [0.15, 0.2) is 5.69 Å². The third kappa shape index (κ3) is 2.78. The molecule has 0 fully saturated rings. The van der Waals surface area contributed by atoms with Gasteiger partial charge in [0.05, 0.1) is 11.4 Å². The molecule has 0 spiro atoms. The van der Waals surface area contributed by atoms with E-state index in [2.05, 4.69) is 20.4 Å². The Kier molecular flexibility index (Phi) is 3.53. The molecule has 3 aromatic rings. The third-order valence-corrected chi connectivity index (χ3v) is 3.02. The Morgan fingerprint density at radius 2 is 1.77 bits per heavy atom. The third-order valence-electron chi connectivity index (χ3n) is 3.02. The first-order valence-corrected chi connectivity index (χ1v) is 6.47. The van der Waals surface area contributed by atoms with Crippen LogP contribution in [0.4, 0.5) is 21.5 Å². The van der Waals surface area contributed by atoms with Gasteiger partial charge >= 0.3 is 0 Å². The number of rotatable bonds is 3. The lowest BCUT2D eigenvalue weighted by Crippen LogP contribution is -1.96. The van der Waals surface area contributed by atoms with Crippen LogP contribution in [-0.2, 0) is 0 Å². The molecule has 0 aliphatic rings. The van der Waals surface area contributed by atoms with Crippen molar-refractivity contribution in [2.45, 2.75) is 0 Å². The normalized spacial score (nSPS) is 11.1. The summed E-state index contributed by atoms with van der Waals surface area (Å²) in [7, 11) is 0. The summed E-state index contributed by atoms with van der Waals surface area (Å²) >= 11 is 0. The van der Waals surface area contributed by atoms with Gasteiger partial charge in [-0.3, -0.25) is 15.0 Å². The Labute approximate surface area is 124 Å². The second kappa shape index (κ2) is 5.65. The lowest BCUT2D eigenvalue weighted by molar-refractivity contribution is 0.628. The first-order chi connectivity index (χ1) is 10.6. The molecule has 3 rings (SSSR count). The number of H-pyrrole nitrogens is 2. The van der Waals surface area contributed by atoms with Crippen LogP contribution in [0, 0.1) is 5.82 Å². The van der Waals surface area contributed by atoms with Gasteiger partial charge in [-0.15, -0.1) is 5.11 Å². The molecule has 4 N–H and O–H groups in total. The van der Waals surface area contributed by atoms with Crippen molar-refractivity contribution in [2.24, 2.45) is 10.2 Å². The van der Waals surface area contributed by atoms with E-state index < -0.39 is 5.56 Å². The zero-order chi connectivity index (χ0) is 15.5. The average molecular weight is 297 g/mol. The number of halogens is 1. The van der Waals surface area contributed by atoms with E-state index in [-0.39, 0.29) is 11.5 Å². The summed E-state index contributed by atoms with van der Waals surface area (Å²) in [4.78, 5) is 11.8. The van der Waals surface area contributed by atoms with Gasteiger partial charge in [-0.1, -0.05) is 12.1 Å². The zero-order valence-electron chi connectivity index (χ0n) is 11.4. The molecule has 7 heteroatoms. The van der Waals surface area contributed by atoms with Gasteiger partial charge in [0.1, 0.15) is 5.82 Å². The summed E-state index contributed by atoms with van der Waals surface area (Å²) in [6.07, 6.45) is 0. The van der Waals surface area contributed by atoms with Crippen molar-refractivity contribution in [2.75, 3.05) is 5.73 Å². The fourth-order valence-corrected chi connectivity index (χ4v) is 1.97. The van der Waals surface area contributed by atoms with Gasteiger partial charge in [0.2, 0.25) is 0 Å². The van der Waals surface area contributed by atoms with Crippen LogP contribution >= 0.6 is 0 Å². The van der Waals surface area contributed by atoms with E-state index in [1.165, 1.54) is 24.3 Å². The van der Waals surface area contributed by atoms with Crippen molar-refractivity contribution < 1.29 is 4.39 Å². The van der Waals surface area contributed by atoms with Gasteiger partial charge < -0.3 is 5.73 Å². The highest BCUT2D eigenvalue weighted by Gasteiger charge is 2.11. The van der Waals surface area contributed by atoms with E-state index in [9.17, 15) is 9.18 Å². The second-order valence-corrected chi connectivity index (χ2v) is 4.60. The number of azo groups is 1. The Hall–Kier alpha value is -3.22. The number of aromatic amines is 2. The minimum atomic E-state index is -0.400. The van der Waals surface area contributed by atoms with E-state index in [0.29, 0.717) is 22.6 Å². The number of nitrogens with two attached hydrogens (primary N) is 1. The van der Waals surface area contributed by atoms with Crippen LogP contribution in [0.3, 0.4) is 0 Å². The molecule has 0 bridgehead atoms. The molecular weight excluding hydrogens is 285 g/mol. The van der Waals surface area contributed by atoms with Gasteiger partial charge in [0.25, 0.3) is 5.56 Å². The van der Waals surface area contributed by atoms with E-state index in [1.807, 2.05) is 0 Å². The van der Waals surface area contributed by atoms with Crippen LogP contribution in [0.2, 0.25) is 0 Å². The number of nitrogen functional groups attached to an aromatic ring is 1. The Morgan fingerprint density at radius 3 is 2.50 bits per heavy atom. The lowest BCUT2D eigenvalue weighted by atomic mass is 10.1. The van der Waals surface area contributed by atoms with Crippen molar-refractivity contribution in [3.63, 3.8) is 0 Å². The van der Waals surface area contributed by atoms with Crippen LogP contribution < -0.4 is 11.3 Å². The summed E-state index contributed by atoms with van der Waals surface area (Å²) in [5.74, 6) is -0.362. The highest BCUT2D eigenvalue weighted by atomic mass is 19.1. The molecule has 0 saturated heterocycles. The highest BCUT2D eigenvalue weighted by Crippen LogP contribution is 2.27. The Morgan fingerprint density at radius 1 is 1.00 bits per heavy atom. The number of hydrogen-bond acceptors (Lipinski definition) is 4. The number of hydrogen-bond donors (Lipinski definition) is 3. The summed E-state index contributed by atoms with van der Waals surface area (Å²) in [6.45, 7) is 0. The zero-order valence-corrected chi connectivity index (χ0v) is 11.4. The maximum absolute atomic E-state index is 12.8. The van der Waals surface area contributed by atoms with Crippen LogP contribution in [0.15, 0.2) is 63.6 Å². The molecule has 2 aromatic carbocycles. The predicted octanol–water partition coefficient (Wildman–Crippen LogP) is 3.51. The standard InChI is InChI=1S/C15H12FN5O/c16-10-4-6-12(7-5-10)18-20-14-13(19-21-15(14)22)9-2-1-3-11(17)8-9/h1-8H,17H2,(H2,19,21,22). The fraction of sp³-hybridized carbons (Fsp3) is 0. The highest BCUT2D eigenvalue weighted by molar-refractivity contribution is 5.73. The molecule has 0 aliphatic heterocycles. The number of nitrogens with one attached hydrogen (secondary N) is 2. The maximum atomic E-state index is 12.8. The molecular formula is C15H12FN5O. The van der Waals surface area contributed by atoms with Gasteiger partial charge in [-0.05, 0) is 36.4 Å². The van der Waals surface area contributed by atoms with Crippen molar-refractivity contribution in [1.29, 1.82) is 0 Å². The van der Waals surface area contributed by atoms with Crippen molar-refractivity contribution >= 4 is 17.1 Å². The van der Waals surface area contributed by atoms with Crippen LogP contribution in [0.5, 0.6) is 0 Å². The average Bonchev–Trinajstić information content (AvgIpc) is 2.88. The van der Waals surface area contributed by atoms with Crippen molar-refractivity contribution in [3.05, 3.63) is 64.7 Å². The Balaban J connectivity index is 1.99. The second-order valence-electron chi connectivity index (χ2n) is 4.60. The molecule has 0 atom stereocenters. The number of aromatic nitrogens is 2. The molecule has 6 nitrogen and oxygen atoms in total. The largest absolute Gasteiger partial charge is 0.399 e. The molecule has 0 amide bonds. The van der Waals surface area contributed by atoms with E-state index in [0.717, 1.165) is 0 Å². The van der Waals surface area contributed by atoms with E-state index in [4.69, 9.17) is 5.73 Å². The van der Waals surface area contributed by atoms with Crippen molar-refractivity contribution in [3.8, 4) is 11.3 Å². The van der Waals surface area contributed by atoms with Crippen LogP contribution in [0.1, 0.15) is 0 Å². The summed E-state index contributed by atoms with van der Waals surface area (Å²) < 4.78 is 12.8. The SMILES string of the molecule is Nc1cccc(-c2[nH][nH]c(=O)c2N=Nc2ccc(F)cc2)c1. The molecule has 0 saturated carbocycles. The molecule has 0 unspecified atom stereocenters. The smallest absolute Gasteiger partial charge is 0.292 e. The van der Waals surface area contributed by atoms with Crippen LogP contribution in [0.25, 0.3) is 11.3 Å². The Bertz CT molecular complexity index is 879. The van der Waals surface area contributed by atoms with Crippen LogP contribution in [-0.4, -0.2) is 10.2 Å². The minimum absolute atomic E-state index is 0.134. The van der Waals surface area contributed by atoms with Crippen molar-refractivity contribution in [1.82, 2.24) is 10.2 Å². The fourth-order valence-electron chi connectivity index (χ4n) is 1.97. The number of benzene rings is 2. The molecule has 110 valence electrons. The van der Waals surface area contributed by atoms with Gasteiger partial charge in [0, 0.05) is 11.3 Å². The topological polar surface area (TPSA) is 99.4 Å². The van der Waals surface area contributed by atoms with E-state index in [1.54, 1.807) is 24.3 Å². The van der Waals surface area contributed by atoms with Gasteiger partial charge in [-0.25, -0.2) is 4.39 Å². The van der Waals surface area contributed by atoms with Gasteiger partial charge in [-0.2, -0.15) is 5.11 Å². The molecule has 0 radical (unpaired) electrons. The van der Waals surface area contributed by atoms with E-state index >= 15 is 0 Å².